The predicted molar refractivity (Wildman–Crippen MR) is 241 cm³/mol. The second kappa shape index (κ2) is 15.7. The quantitative estimate of drug-likeness (QED) is 0.114. The molecule has 2 unspecified atom stereocenters. The van der Waals surface area contributed by atoms with Gasteiger partial charge in [0.2, 0.25) is 0 Å². The molecule has 2 atom stereocenters. The molecule has 0 saturated carbocycles. The minimum atomic E-state index is -5.28. The summed E-state index contributed by atoms with van der Waals surface area (Å²) in [5.41, 5.74) is 16.2. The number of allylic oxidation sites excluding steroid dienone is 2. The Morgan fingerprint density at radius 2 is 0.943 bits per heavy atom. The van der Waals surface area contributed by atoms with Gasteiger partial charge in [-0.25, -0.2) is 0 Å². The second-order valence-corrected chi connectivity index (χ2v) is 50.2. The fourth-order valence-corrected chi connectivity index (χ4v) is 52.2. The Hall–Kier alpha value is -1.72. The van der Waals surface area contributed by atoms with Crippen molar-refractivity contribution in [1.29, 1.82) is 0 Å². The van der Waals surface area contributed by atoms with E-state index < -0.39 is 32.6 Å². The van der Waals surface area contributed by atoms with Crippen LogP contribution in [-0.2, 0) is 16.2 Å². The van der Waals surface area contributed by atoms with Gasteiger partial charge in [0.15, 0.2) is 0 Å². The first-order valence-corrected chi connectivity index (χ1v) is 37.9. The van der Waals surface area contributed by atoms with Crippen molar-refractivity contribution < 1.29 is 16.2 Å². The second-order valence-electron chi connectivity index (χ2n) is 18.0. The molecule has 1 nitrogen and oxygen atoms in total. The summed E-state index contributed by atoms with van der Waals surface area (Å²) in [6.07, 6.45) is 11.7. The number of unbranched alkanes of at least 4 members (excludes halogenated alkanes) is 2. The molecule has 279 valence electrons. The van der Waals surface area contributed by atoms with E-state index in [2.05, 4.69) is 168 Å². The summed E-state index contributed by atoms with van der Waals surface area (Å²) in [5, 5.41) is 0. The van der Waals surface area contributed by atoms with Gasteiger partial charge in [-0.3, -0.25) is 0 Å². The normalized spacial score (nSPS) is 17.9. The third-order valence-electron chi connectivity index (χ3n) is 12.1. The molecule has 0 amide bonds. The molecule has 4 aromatic rings. The van der Waals surface area contributed by atoms with Gasteiger partial charge in [-0.05, 0) is 0 Å². The topological polar surface area (TPSA) is 3.24 Å². The van der Waals surface area contributed by atoms with Crippen molar-refractivity contribution in [2.24, 2.45) is 0 Å². The van der Waals surface area contributed by atoms with Crippen LogP contribution in [0.1, 0.15) is 93.0 Å². The van der Waals surface area contributed by atoms with Gasteiger partial charge in [-0.15, -0.1) is 0 Å². The van der Waals surface area contributed by atoms with Crippen molar-refractivity contribution >= 4 is 50.6 Å². The van der Waals surface area contributed by atoms with Crippen LogP contribution in [0.15, 0.2) is 96.1 Å². The molecule has 2 aliphatic rings. The number of hydrogen-bond acceptors (Lipinski definition) is 1. The monoisotopic (exact) mass is 854 g/mol. The molecule has 0 radical (unpaired) electrons. The fourth-order valence-electron chi connectivity index (χ4n) is 9.87. The number of fused-ring (bicyclic) bond motifs is 2. The molecule has 0 spiro atoms. The number of halogens is 2. The van der Waals surface area contributed by atoms with Crippen LogP contribution < -0.4 is 0 Å². The summed E-state index contributed by atoms with van der Waals surface area (Å²) in [4.78, 5) is 0.834. The number of aryl methyl sites for hydroxylation is 2. The van der Waals surface area contributed by atoms with E-state index in [9.17, 15) is 17.0 Å². The Morgan fingerprint density at radius 1 is 0.566 bits per heavy atom. The van der Waals surface area contributed by atoms with Crippen molar-refractivity contribution in [3.05, 3.63) is 129 Å². The van der Waals surface area contributed by atoms with Crippen molar-refractivity contribution in [3.8, 4) is 22.3 Å². The summed E-state index contributed by atoms with van der Waals surface area (Å²) in [5.74, 6) is 0. The van der Waals surface area contributed by atoms with Crippen molar-refractivity contribution in [3.63, 3.8) is 0 Å². The van der Waals surface area contributed by atoms with Crippen molar-refractivity contribution in [2.75, 3.05) is 0 Å². The molecule has 0 N–H and O–H groups in total. The summed E-state index contributed by atoms with van der Waals surface area (Å²) in [6, 6.07) is 31.7. The van der Waals surface area contributed by atoms with Gasteiger partial charge in [-0.2, -0.15) is 0 Å². The number of hydrogen-bond donors (Lipinski definition) is 0. The number of benzene rings is 4. The summed E-state index contributed by atoms with van der Waals surface area (Å²) in [6.45, 7) is 24.2. The fraction of sp³-hybridized carbons (Fsp3) is 0.391. The van der Waals surface area contributed by atoms with E-state index >= 15 is 0 Å². The first kappa shape index (κ1) is 40.9. The Morgan fingerprint density at radius 3 is 1.30 bits per heavy atom. The summed E-state index contributed by atoms with van der Waals surface area (Å²) < 4.78 is 3.01. The minimum absolute atomic E-state index is 0.0311. The zero-order valence-electron chi connectivity index (χ0n) is 34.0. The molecule has 2 aliphatic carbocycles. The van der Waals surface area contributed by atoms with Gasteiger partial charge in [0.25, 0.3) is 0 Å². The van der Waals surface area contributed by atoms with Crippen LogP contribution in [0.4, 0.5) is 0 Å². The van der Waals surface area contributed by atoms with Gasteiger partial charge in [-0.1, -0.05) is 0 Å². The molecule has 0 saturated heterocycles. The van der Waals surface area contributed by atoms with Gasteiger partial charge < -0.3 is 0 Å². The predicted octanol–water partition coefficient (Wildman–Crippen LogP) is 14.8. The van der Waals surface area contributed by atoms with Gasteiger partial charge in [0.05, 0.1) is 0 Å². The van der Waals surface area contributed by atoms with Gasteiger partial charge in [0, 0.05) is 0 Å². The maximum atomic E-state index is 9.17. The maximum absolute atomic E-state index is 9.17. The standard InChI is InChI=1S/2C20H21.C6H19BNSi2.2ClH.Zr/c2*1-3-4-9-16-13-17-10-7-12-19(20(17)14-16)18-11-6-5-8-15(18)2;1-9(2,3)8(7)10(4,5)6;;;/h2*5-8,10-14H,3-4,9H2,1-2H3;7H,1-6H3;2*1H;/q;;+1;;;+1/p-2. The molecule has 53 heavy (non-hydrogen) atoms. The molecule has 0 aromatic heterocycles. The molecule has 7 heteroatoms. The average Bonchev–Trinajstić information content (AvgIpc) is 3.68. The van der Waals surface area contributed by atoms with Gasteiger partial charge >= 0.3 is 335 Å². The Balaban J connectivity index is 1.69. The van der Waals surface area contributed by atoms with Crippen LogP contribution in [0.5, 0.6) is 0 Å². The molecule has 4 aromatic carbocycles. The van der Waals surface area contributed by atoms with Crippen LogP contribution in [-0.4, -0.2) is 25.6 Å². The molecular weight excluding hydrogens is 796 g/mol. The number of rotatable bonds is 14. The molecule has 0 bridgehead atoms. The SMILES string of the molecule is CCCCC1=Cc2c(-c3ccccc3C)cccc2[CH]1[Zr]([Cl])([Cl])([BH]N([Si](C)(C)C)[Si](C)(C)C)[CH]1C(CCCC)=Cc2c(-c3ccccc3C)cccc21. The number of nitrogens with zero attached hydrogens (tertiary/aromatic N) is 1. The van der Waals surface area contributed by atoms with Crippen molar-refractivity contribution in [2.45, 2.75) is 113 Å². The first-order chi connectivity index (χ1) is 25.0. The van der Waals surface area contributed by atoms with E-state index in [1.54, 1.807) is 0 Å². The Labute approximate surface area is 332 Å². The zero-order chi connectivity index (χ0) is 38.4. The third-order valence-corrected chi connectivity index (χ3v) is 39.2. The van der Waals surface area contributed by atoms with E-state index in [1.807, 2.05) is 0 Å². The van der Waals surface area contributed by atoms with Crippen LogP contribution in [0.25, 0.3) is 34.4 Å². The van der Waals surface area contributed by atoms with E-state index in [4.69, 9.17) is 0 Å². The van der Waals surface area contributed by atoms with E-state index in [-0.39, 0.29) is 7.25 Å². The van der Waals surface area contributed by atoms with E-state index in [0.717, 1.165) is 43.5 Å². The average molecular weight is 857 g/mol. The van der Waals surface area contributed by atoms with Crippen molar-refractivity contribution in [1.82, 2.24) is 4.14 Å². The molecule has 0 fully saturated rings. The molecular formula is C46H61BCl2NSi2Zr. The van der Waals surface area contributed by atoms with Gasteiger partial charge in [0.1, 0.15) is 0 Å². The summed E-state index contributed by atoms with van der Waals surface area (Å²) in [7, 11) is 14.6. The molecule has 0 aliphatic heterocycles. The Kier molecular flexibility index (Phi) is 12.1. The van der Waals surface area contributed by atoms with Crippen LogP contribution in [0.2, 0.25) is 39.3 Å². The van der Waals surface area contributed by atoms with E-state index in [1.165, 1.54) is 66.8 Å². The van der Waals surface area contributed by atoms with Crippen LogP contribution in [0, 0.1) is 13.8 Å². The Bertz CT molecular complexity index is 1920. The van der Waals surface area contributed by atoms with E-state index in [0.29, 0.717) is 0 Å². The third kappa shape index (κ3) is 7.84. The summed E-state index contributed by atoms with van der Waals surface area (Å²) >= 11 is -5.28. The zero-order valence-corrected chi connectivity index (χ0v) is 40.0. The first-order valence-electron chi connectivity index (χ1n) is 20.1. The molecule has 0 heterocycles. The van der Waals surface area contributed by atoms with Crippen LogP contribution in [0.3, 0.4) is 0 Å². The van der Waals surface area contributed by atoms with Crippen LogP contribution >= 0.6 is 17.0 Å². The molecule has 6 rings (SSSR count).